The minimum absolute atomic E-state index is 0.0574. The number of ether oxygens (including phenoxy) is 1. The Labute approximate surface area is 211 Å². The molecule has 1 aromatic carbocycles. The molecular weight excluding hydrogens is 457 g/mol. The van der Waals surface area contributed by atoms with Crippen LogP contribution in [0.4, 0.5) is 4.39 Å². The Bertz CT molecular complexity index is 1280. The van der Waals surface area contributed by atoms with Gasteiger partial charge in [0.2, 0.25) is 0 Å². The molecule has 2 aromatic rings. The number of rotatable bonds is 2. The van der Waals surface area contributed by atoms with E-state index in [1.807, 2.05) is 25.9 Å². The van der Waals surface area contributed by atoms with Gasteiger partial charge in [0.25, 0.3) is 0 Å². The molecule has 2 spiro atoms. The molecule has 4 fully saturated rings. The Balaban J connectivity index is 1.28. The number of nitrogens with zero attached hydrogens (tertiary/aromatic N) is 2. The third-order valence-corrected chi connectivity index (χ3v) is 11.3. The fourth-order valence-corrected chi connectivity index (χ4v) is 9.31. The van der Waals surface area contributed by atoms with Crippen LogP contribution in [0.15, 0.2) is 24.3 Å². The maximum Gasteiger partial charge on any atom is 0.140 e. The van der Waals surface area contributed by atoms with Crippen LogP contribution in [0.2, 0.25) is 0 Å². The average Bonchev–Trinajstić information content (AvgIpc) is 3.50. The molecule has 2 saturated heterocycles. The molecule has 3 aliphatic carbocycles. The number of aliphatic hydroxyl groups excluding tert-OH is 2. The molecule has 7 rings (SSSR count). The Hall–Kier alpha value is -1.80. The number of H-pyrrole nitrogens is 1. The number of hydrogen-bond donors (Lipinski definition) is 3. The van der Waals surface area contributed by atoms with Gasteiger partial charge in [-0.25, -0.2) is 4.39 Å². The molecule has 5 aliphatic rings. The third-order valence-electron chi connectivity index (χ3n) is 11.3. The van der Waals surface area contributed by atoms with E-state index in [4.69, 9.17) is 4.74 Å². The van der Waals surface area contributed by atoms with Crippen LogP contribution in [0.5, 0.6) is 0 Å². The van der Waals surface area contributed by atoms with Crippen molar-refractivity contribution >= 4 is 16.5 Å². The van der Waals surface area contributed by atoms with Crippen LogP contribution in [-0.4, -0.2) is 74.5 Å². The molecular formula is C29H38FN3O3. The third kappa shape index (κ3) is 2.68. The topological polar surface area (TPSA) is 81.6 Å². The highest BCUT2D eigenvalue weighted by Crippen LogP contribution is 2.72. The number of nitrogens with one attached hydrogen (secondary N) is 1. The van der Waals surface area contributed by atoms with Crippen molar-refractivity contribution in [3.8, 4) is 0 Å². The summed E-state index contributed by atoms with van der Waals surface area (Å²) in [6, 6.07) is 6.27. The summed E-state index contributed by atoms with van der Waals surface area (Å²) >= 11 is 0. The van der Waals surface area contributed by atoms with Crippen molar-refractivity contribution in [1.29, 1.82) is 0 Å². The quantitative estimate of drug-likeness (QED) is 0.583. The molecule has 0 radical (unpaired) electrons. The van der Waals surface area contributed by atoms with Gasteiger partial charge in [-0.3, -0.25) is 5.10 Å². The fourth-order valence-electron chi connectivity index (χ4n) is 9.31. The second-order valence-electron chi connectivity index (χ2n) is 13.0. The first-order valence-corrected chi connectivity index (χ1v) is 13.6. The minimum Gasteiger partial charge on any atom is -0.390 e. The number of aliphatic hydroxyl groups is 2. The van der Waals surface area contributed by atoms with E-state index in [-0.39, 0.29) is 29.7 Å². The summed E-state index contributed by atoms with van der Waals surface area (Å²) in [6.45, 7) is 4.37. The molecule has 9 atom stereocenters. The lowest BCUT2D eigenvalue weighted by Gasteiger charge is -2.64. The molecule has 0 amide bonds. The molecule has 2 aliphatic heterocycles. The highest BCUT2D eigenvalue weighted by Gasteiger charge is 2.77. The zero-order valence-electron chi connectivity index (χ0n) is 21.7. The zero-order valence-corrected chi connectivity index (χ0v) is 21.7. The number of likely N-dealkylation sites (N-methyl/N-ethyl adjacent to an activating group) is 1. The SMILES string of the molecule is Cc1[nH]nc2ccc(C3=CCC4C3(C)CCC3(F)CC5C(O)C(O)C(N(C)C)CC56CCC43O6)cc12. The second kappa shape index (κ2) is 7.19. The summed E-state index contributed by atoms with van der Waals surface area (Å²) in [7, 11) is 3.88. The van der Waals surface area contributed by atoms with Gasteiger partial charge in [-0.1, -0.05) is 19.1 Å². The predicted octanol–water partition coefficient (Wildman–Crippen LogP) is 4.15. The van der Waals surface area contributed by atoms with Crippen molar-refractivity contribution in [1.82, 2.24) is 15.1 Å². The van der Waals surface area contributed by atoms with Crippen molar-refractivity contribution < 1.29 is 19.3 Å². The summed E-state index contributed by atoms with van der Waals surface area (Å²) in [5, 5.41) is 30.7. The van der Waals surface area contributed by atoms with Gasteiger partial charge < -0.3 is 19.8 Å². The molecule has 194 valence electrons. The van der Waals surface area contributed by atoms with Crippen molar-refractivity contribution in [2.45, 2.75) is 93.9 Å². The van der Waals surface area contributed by atoms with E-state index in [9.17, 15) is 10.2 Å². The Kier molecular flexibility index (Phi) is 4.66. The summed E-state index contributed by atoms with van der Waals surface area (Å²) in [5.41, 5.74) is 1.46. The van der Waals surface area contributed by atoms with Gasteiger partial charge in [0.1, 0.15) is 11.3 Å². The summed E-state index contributed by atoms with van der Waals surface area (Å²) < 4.78 is 24.3. The van der Waals surface area contributed by atoms with Crippen LogP contribution in [0, 0.1) is 24.2 Å². The largest absolute Gasteiger partial charge is 0.390 e. The van der Waals surface area contributed by atoms with Crippen molar-refractivity contribution in [2.75, 3.05) is 14.1 Å². The highest BCUT2D eigenvalue weighted by atomic mass is 19.1. The van der Waals surface area contributed by atoms with Gasteiger partial charge in [-0.05, 0) is 94.6 Å². The molecule has 36 heavy (non-hydrogen) atoms. The monoisotopic (exact) mass is 495 g/mol. The standard InChI is InChI=1S/C29H38FN3O3/c1-16-18-13-17(5-7-21(18)32-31-16)19-6-8-23-26(19,2)9-11-28(30)14-20-24(34)25(35)22(33(3)4)15-27(20)10-12-29(23,28)36-27/h5-7,13,20,22-25,34-35H,8-12,14-15H2,1-4H3,(H,31,32). The van der Waals surface area contributed by atoms with Crippen LogP contribution in [0.3, 0.4) is 0 Å². The number of fused-ring (bicyclic) bond motifs is 2. The van der Waals surface area contributed by atoms with E-state index in [1.54, 1.807) is 0 Å². The first-order valence-electron chi connectivity index (χ1n) is 13.6. The van der Waals surface area contributed by atoms with Crippen LogP contribution in [-0.2, 0) is 4.74 Å². The number of aromatic amines is 1. The Morgan fingerprint density at radius 3 is 2.69 bits per heavy atom. The molecule has 3 N–H and O–H groups in total. The molecule has 2 saturated carbocycles. The van der Waals surface area contributed by atoms with Gasteiger partial charge in [0.15, 0.2) is 0 Å². The number of hydrogen-bond acceptors (Lipinski definition) is 5. The van der Waals surface area contributed by atoms with Gasteiger partial charge in [-0.2, -0.15) is 5.10 Å². The van der Waals surface area contributed by atoms with Crippen molar-refractivity contribution in [2.24, 2.45) is 17.3 Å². The van der Waals surface area contributed by atoms with Gasteiger partial charge in [0, 0.05) is 29.0 Å². The molecule has 1 aromatic heterocycles. The number of aryl methyl sites for hydroxylation is 1. The Morgan fingerprint density at radius 2 is 1.92 bits per heavy atom. The maximum atomic E-state index is 17.2. The molecule has 2 bridgehead atoms. The van der Waals surface area contributed by atoms with Crippen LogP contribution >= 0.6 is 0 Å². The number of alkyl halides is 1. The second-order valence-corrected chi connectivity index (χ2v) is 13.0. The van der Waals surface area contributed by atoms with Gasteiger partial charge >= 0.3 is 0 Å². The van der Waals surface area contributed by atoms with E-state index in [2.05, 4.69) is 41.4 Å². The summed E-state index contributed by atoms with van der Waals surface area (Å²) in [6.07, 6.45) is 4.84. The van der Waals surface area contributed by atoms with Crippen molar-refractivity contribution in [3.05, 3.63) is 35.5 Å². The lowest BCUT2D eigenvalue weighted by atomic mass is 9.51. The van der Waals surface area contributed by atoms with Gasteiger partial charge in [0.05, 0.1) is 23.3 Å². The lowest BCUT2D eigenvalue weighted by Crippen LogP contribution is -2.72. The molecule has 3 heterocycles. The summed E-state index contributed by atoms with van der Waals surface area (Å²) in [4.78, 5) is 1.98. The first-order chi connectivity index (χ1) is 17.0. The first kappa shape index (κ1) is 23.3. The van der Waals surface area contributed by atoms with E-state index < -0.39 is 29.1 Å². The Morgan fingerprint density at radius 1 is 1.11 bits per heavy atom. The lowest BCUT2D eigenvalue weighted by molar-refractivity contribution is -0.314. The fraction of sp³-hybridized carbons (Fsp3) is 0.690. The number of halogens is 1. The van der Waals surface area contributed by atoms with Gasteiger partial charge in [-0.15, -0.1) is 0 Å². The maximum absolute atomic E-state index is 17.2. The molecule has 7 heteroatoms. The van der Waals surface area contributed by atoms with E-state index in [0.29, 0.717) is 19.3 Å². The van der Waals surface area contributed by atoms with E-state index in [1.165, 1.54) is 11.1 Å². The normalized spacial score (nSPS) is 47.6. The predicted molar refractivity (Wildman–Crippen MR) is 136 cm³/mol. The smallest absolute Gasteiger partial charge is 0.140 e. The minimum atomic E-state index is -1.48. The van der Waals surface area contributed by atoms with Crippen molar-refractivity contribution in [3.63, 3.8) is 0 Å². The average molecular weight is 496 g/mol. The number of benzene rings is 1. The highest BCUT2D eigenvalue weighted by molar-refractivity contribution is 5.87. The van der Waals surface area contributed by atoms with Crippen LogP contribution in [0.1, 0.15) is 63.1 Å². The van der Waals surface area contributed by atoms with E-state index >= 15 is 4.39 Å². The summed E-state index contributed by atoms with van der Waals surface area (Å²) in [5.74, 6) is -0.309. The van der Waals surface area contributed by atoms with Crippen LogP contribution < -0.4 is 0 Å². The number of aromatic nitrogens is 2. The zero-order chi connectivity index (χ0) is 25.3. The van der Waals surface area contributed by atoms with Crippen LogP contribution in [0.25, 0.3) is 16.5 Å². The van der Waals surface area contributed by atoms with E-state index in [0.717, 1.165) is 35.9 Å². The molecule has 9 unspecified atom stereocenters. The number of allylic oxidation sites excluding steroid dienone is 2. The molecule has 6 nitrogen and oxygen atoms in total.